The molecular weight excluding hydrogens is 314 g/mol. The first kappa shape index (κ1) is 13.9. The van der Waals surface area contributed by atoms with Gasteiger partial charge in [-0.1, -0.05) is 22.0 Å². The Kier molecular flexibility index (Phi) is 4.42. The number of benzene rings is 1. The number of likely N-dealkylation sites (tertiary alicyclic amines) is 1. The van der Waals surface area contributed by atoms with Crippen molar-refractivity contribution >= 4 is 28.0 Å². The summed E-state index contributed by atoms with van der Waals surface area (Å²) in [6, 6.07) is 6.97. The molecule has 0 aromatic heterocycles. The number of rotatable bonds is 2. The molecule has 6 heteroatoms. The minimum absolute atomic E-state index is 0.210. The molecule has 1 aliphatic rings. The second-order valence-corrected chi connectivity index (χ2v) is 5.36. The Morgan fingerprint density at radius 2 is 2.21 bits per heavy atom. The van der Waals surface area contributed by atoms with E-state index in [1.165, 1.54) is 4.90 Å². The van der Waals surface area contributed by atoms with Gasteiger partial charge in [0.1, 0.15) is 5.75 Å². The first-order valence-corrected chi connectivity index (χ1v) is 6.80. The minimum Gasteiger partial charge on any atom is -0.481 e. The summed E-state index contributed by atoms with van der Waals surface area (Å²) in [5.74, 6) is -0.916. The van der Waals surface area contributed by atoms with E-state index in [4.69, 9.17) is 9.84 Å². The summed E-state index contributed by atoms with van der Waals surface area (Å²) < 4.78 is 6.05. The monoisotopic (exact) mass is 327 g/mol. The van der Waals surface area contributed by atoms with Gasteiger partial charge in [-0.3, -0.25) is 4.79 Å². The number of piperidine rings is 1. The zero-order valence-electron chi connectivity index (χ0n) is 10.2. The fourth-order valence-electron chi connectivity index (χ4n) is 2.04. The first-order valence-electron chi connectivity index (χ1n) is 6.01. The molecule has 19 heavy (non-hydrogen) atoms. The highest BCUT2D eigenvalue weighted by Crippen LogP contribution is 2.21. The molecule has 0 spiro atoms. The SMILES string of the molecule is O=C(O)C1CCCN(C(=O)Oc2cccc(Br)c2)C1. The van der Waals surface area contributed by atoms with Crippen LogP contribution in [0.2, 0.25) is 0 Å². The van der Waals surface area contributed by atoms with Crippen LogP contribution in [0.25, 0.3) is 0 Å². The average Bonchev–Trinajstić information content (AvgIpc) is 2.39. The van der Waals surface area contributed by atoms with E-state index in [2.05, 4.69) is 15.9 Å². The van der Waals surface area contributed by atoms with Crippen molar-refractivity contribution in [3.05, 3.63) is 28.7 Å². The Balaban J connectivity index is 1.98. The highest BCUT2D eigenvalue weighted by molar-refractivity contribution is 9.10. The number of halogens is 1. The predicted molar refractivity (Wildman–Crippen MR) is 72.1 cm³/mol. The third-order valence-corrected chi connectivity index (χ3v) is 3.52. The van der Waals surface area contributed by atoms with Crippen molar-refractivity contribution in [2.24, 2.45) is 5.92 Å². The van der Waals surface area contributed by atoms with Crippen molar-refractivity contribution in [1.82, 2.24) is 4.90 Å². The molecule has 1 aliphatic heterocycles. The van der Waals surface area contributed by atoms with Crippen molar-refractivity contribution in [2.45, 2.75) is 12.8 Å². The van der Waals surface area contributed by atoms with Gasteiger partial charge in [-0.15, -0.1) is 0 Å². The van der Waals surface area contributed by atoms with Crippen LogP contribution in [0.3, 0.4) is 0 Å². The van der Waals surface area contributed by atoms with E-state index in [0.717, 1.165) is 4.47 Å². The van der Waals surface area contributed by atoms with Crippen LogP contribution in [0.5, 0.6) is 5.75 Å². The maximum Gasteiger partial charge on any atom is 0.415 e. The first-order chi connectivity index (χ1) is 9.06. The number of amides is 1. The smallest absolute Gasteiger partial charge is 0.415 e. The fourth-order valence-corrected chi connectivity index (χ4v) is 2.42. The number of carbonyl (C=O) groups is 2. The van der Waals surface area contributed by atoms with E-state index < -0.39 is 18.0 Å². The molecule has 1 aromatic carbocycles. The molecule has 1 heterocycles. The zero-order chi connectivity index (χ0) is 13.8. The molecule has 102 valence electrons. The Bertz CT molecular complexity index is 491. The molecule has 1 N–H and O–H groups in total. The van der Waals surface area contributed by atoms with Gasteiger partial charge in [0.25, 0.3) is 0 Å². The minimum atomic E-state index is -0.861. The number of hydrogen-bond acceptors (Lipinski definition) is 3. The van der Waals surface area contributed by atoms with Crippen molar-refractivity contribution in [3.63, 3.8) is 0 Å². The molecule has 1 saturated heterocycles. The lowest BCUT2D eigenvalue weighted by atomic mass is 9.99. The average molecular weight is 328 g/mol. The standard InChI is InChI=1S/C13H14BrNO4/c14-10-4-1-5-11(7-10)19-13(18)15-6-2-3-9(8-15)12(16)17/h1,4-5,7,9H,2-3,6,8H2,(H,16,17). The summed E-state index contributed by atoms with van der Waals surface area (Å²) >= 11 is 3.29. The van der Waals surface area contributed by atoms with Crippen molar-refractivity contribution in [1.29, 1.82) is 0 Å². The second kappa shape index (κ2) is 6.06. The summed E-state index contributed by atoms with van der Waals surface area (Å²) in [7, 11) is 0. The van der Waals surface area contributed by atoms with Crippen LogP contribution < -0.4 is 4.74 Å². The molecule has 2 rings (SSSR count). The second-order valence-electron chi connectivity index (χ2n) is 4.45. The third-order valence-electron chi connectivity index (χ3n) is 3.03. The lowest BCUT2D eigenvalue weighted by Crippen LogP contribution is -2.43. The van der Waals surface area contributed by atoms with Crippen LogP contribution in [0.1, 0.15) is 12.8 Å². The van der Waals surface area contributed by atoms with Crippen LogP contribution in [0.15, 0.2) is 28.7 Å². The van der Waals surface area contributed by atoms with Gasteiger partial charge < -0.3 is 14.7 Å². The summed E-state index contributed by atoms with van der Waals surface area (Å²) in [5, 5.41) is 8.98. The molecule has 1 unspecified atom stereocenters. The topological polar surface area (TPSA) is 66.8 Å². The molecular formula is C13H14BrNO4. The van der Waals surface area contributed by atoms with Crippen molar-refractivity contribution < 1.29 is 19.4 Å². The summed E-state index contributed by atoms with van der Waals surface area (Å²) in [4.78, 5) is 24.3. The molecule has 0 saturated carbocycles. The normalized spacial score (nSPS) is 19.0. The Labute approximate surface area is 119 Å². The number of carboxylic acids is 1. The van der Waals surface area contributed by atoms with E-state index in [0.29, 0.717) is 25.1 Å². The number of carboxylic acid groups (broad SMARTS) is 1. The van der Waals surface area contributed by atoms with Crippen LogP contribution in [-0.4, -0.2) is 35.2 Å². The van der Waals surface area contributed by atoms with Crippen LogP contribution in [0, 0.1) is 5.92 Å². The maximum atomic E-state index is 11.9. The molecule has 1 fully saturated rings. The van der Waals surface area contributed by atoms with Crippen LogP contribution in [-0.2, 0) is 4.79 Å². The van der Waals surface area contributed by atoms with Gasteiger partial charge in [-0.05, 0) is 31.0 Å². The summed E-state index contributed by atoms with van der Waals surface area (Å²) in [6.07, 6.45) is 0.796. The van der Waals surface area contributed by atoms with Gasteiger partial charge in [-0.25, -0.2) is 4.79 Å². The maximum absolute atomic E-state index is 11.9. The van der Waals surface area contributed by atoms with Gasteiger partial charge in [0.05, 0.1) is 5.92 Å². The summed E-state index contributed by atoms with van der Waals surface area (Å²) in [6.45, 7) is 0.749. The number of nitrogens with zero attached hydrogens (tertiary/aromatic N) is 1. The largest absolute Gasteiger partial charge is 0.481 e. The molecule has 0 radical (unpaired) electrons. The highest BCUT2D eigenvalue weighted by Gasteiger charge is 2.29. The molecule has 1 amide bonds. The van der Waals surface area contributed by atoms with E-state index in [1.807, 2.05) is 6.07 Å². The van der Waals surface area contributed by atoms with E-state index >= 15 is 0 Å². The third kappa shape index (κ3) is 3.70. The Hall–Kier alpha value is -1.56. The van der Waals surface area contributed by atoms with Crippen LogP contribution >= 0.6 is 15.9 Å². The van der Waals surface area contributed by atoms with Gasteiger partial charge in [0.15, 0.2) is 0 Å². The number of ether oxygens (including phenoxy) is 1. The molecule has 0 bridgehead atoms. The number of aliphatic carboxylic acids is 1. The van der Waals surface area contributed by atoms with E-state index in [1.54, 1.807) is 18.2 Å². The quantitative estimate of drug-likeness (QED) is 0.906. The van der Waals surface area contributed by atoms with Crippen molar-refractivity contribution in [2.75, 3.05) is 13.1 Å². The van der Waals surface area contributed by atoms with Gasteiger partial charge in [0.2, 0.25) is 0 Å². The van der Waals surface area contributed by atoms with Gasteiger partial charge >= 0.3 is 12.1 Å². The van der Waals surface area contributed by atoms with E-state index in [-0.39, 0.29) is 6.54 Å². The lowest BCUT2D eigenvalue weighted by Gasteiger charge is -2.29. The lowest BCUT2D eigenvalue weighted by molar-refractivity contribution is -0.143. The molecule has 0 aliphatic carbocycles. The number of hydrogen-bond donors (Lipinski definition) is 1. The van der Waals surface area contributed by atoms with Crippen LogP contribution in [0.4, 0.5) is 4.79 Å². The Morgan fingerprint density at radius 1 is 1.42 bits per heavy atom. The van der Waals surface area contributed by atoms with Gasteiger partial charge in [-0.2, -0.15) is 0 Å². The number of carbonyl (C=O) groups excluding carboxylic acids is 1. The van der Waals surface area contributed by atoms with Crippen molar-refractivity contribution in [3.8, 4) is 5.75 Å². The van der Waals surface area contributed by atoms with E-state index in [9.17, 15) is 9.59 Å². The molecule has 5 nitrogen and oxygen atoms in total. The fraction of sp³-hybridized carbons (Fsp3) is 0.385. The molecule has 1 atom stereocenters. The Morgan fingerprint density at radius 3 is 2.89 bits per heavy atom. The molecule has 1 aromatic rings. The zero-order valence-corrected chi connectivity index (χ0v) is 11.8. The summed E-state index contributed by atoms with van der Waals surface area (Å²) in [5.41, 5.74) is 0. The predicted octanol–water partition coefficient (Wildman–Crippen LogP) is 2.74. The van der Waals surface area contributed by atoms with Gasteiger partial charge in [0, 0.05) is 17.6 Å². The highest BCUT2D eigenvalue weighted by atomic mass is 79.9.